The molecule has 0 saturated heterocycles. The Labute approximate surface area is 380 Å². The number of aliphatic hydroxyl groups excluding tert-OH is 3. The van der Waals surface area contributed by atoms with Gasteiger partial charge in [-0.15, -0.1) is 0 Å². The largest absolute Gasteiger partial charge is 0.472 e. The third-order valence-corrected chi connectivity index (χ3v) is 11.4. The SMILES string of the molecule is CC/C=C\C/C=C\C/C=C\C/C=C\CCCCCCC(=O)O[C@H](COC(=O)CCC/C=C\C[C@H]1C(=O)C[C@@H](O)[C@@H]1/C=C/[C@@H](O)CCCCC)COP(=O)(O)OC[C@@H](O)COP(=O)(O)O. The minimum absolute atomic E-state index is 0.00862. The summed E-state index contributed by atoms with van der Waals surface area (Å²) >= 11 is 0. The molecule has 0 bridgehead atoms. The summed E-state index contributed by atoms with van der Waals surface area (Å²) in [4.78, 5) is 65.5. The van der Waals surface area contributed by atoms with Crippen molar-refractivity contribution in [3.8, 4) is 0 Å². The zero-order valence-corrected chi connectivity index (χ0v) is 39.6. The van der Waals surface area contributed by atoms with E-state index in [1.807, 2.05) is 12.2 Å². The lowest BCUT2D eigenvalue weighted by atomic mass is 9.90. The van der Waals surface area contributed by atoms with E-state index in [-0.39, 0.29) is 31.0 Å². The van der Waals surface area contributed by atoms with Crippen molar-refractivity contribution in [1.29, 1.82) is 0 Å². The van der Waals surface area contributed by atoms with Crippen molar-refractivity contribution in [2.24, 2.45) is 11.8 Å². The summed E-state index contributed by atoms with van der Waals surface area (Å²) in [5.74, 6) is -2.11. The van der Waals surface area contributed by atoms with Gasteiger partial charge in [0.2, 0.25) is 0 Å². The van der Waals surface area contributed by atoms with Gasteiger partial charge in [0, 0.05) is 31.1 Å². The van der Waals surface area contributed by atoms with Crippen LogP contribution in [0, 0.1) is 11.8 Å². The highest BCUT2D eigenvalue weighted by Crippen LogP contribution is 2.44. The Morgan fingerprint density at radius 3 is 1.97 bits per heavy atom. The topological polar surface area (TPSA) is 253 Å². The average Bonchev–Trinajstić information content (AvgIpc) is 3.51. The summed E-state index contributed by atoms with van der Waals surface area (Å²) in [6.45, 7) is 1.20. The summed E-state index contributed by atoms with van der Waals surface area (Å²) in [5.41, 5.74) is 0. The van der Waals surface area contributed by atoms with E-state index in [0.717, 1.165) is 70.6 Å². The predicted molar refractivity (Wildman–Crippen MR) is 244 cm³/mol. The Morgan fingerprint density at radius 1 is 0.703 bits per heavy atom. The van der Waals surface area contributed by atoms with Crippen molar-refractivity contribution in [2.45, 2.75) is 160 Å². The van der Waals surface area contributed by atoms with Crippen molar-refractivity contribution in [1.82, 2.24) is 0 Å². The minimum Gasteiger partial charge on any atom is -0.462 e. The molecule has 1 saturated carbocycles. The highest BCUT2D eigenvalue weighted by molar-refractivity contribution is 7.47. The van der Waals surface area contributed by atoms with Gasteiger partial charge in [0.15, 0.2) is 6.10 Å². The van der Waals surface area contributed by atoms with Crippen molar-refractivity contribution >= 4 is 33.4 Å². The first-order valence-electron chi connectivity index (χ1n) is 22.7. The number of ketones is 1. The molecule has 6 N–H and O–H groups in total. The van der Waals surface area contributed by atoms with Crippen LogP contribution in [0.5, 0.6) is 0 Å². The minimum atomic E-state index is -4.90. The van der Waals surface area contributed by atoms with Gasteiger partial charge in [-0.05, 0) is 70.6 Å². The Hall–Kier alpha value is -2.85. The van der Waals surface area contributed by atoms with Crippen LogP contribution in [-0.2, 0) is 46.6 Å². The van der Waals surface area contributed by atoms with E-state index in [1.54, 1.807) is 12.2 Å². The molecule has 0 aromatic heterocycles. The van der Waals surface area contributed by atoms with Crippen LogP contribution in [0.1, 0.15) is 136 Å². The number of phosphoric acid groups is 2. The molecule has 16 nitrogen and oxygen atoms in total. The van der Waals surface area contributed by atoms with Gasteiger partial charge in [-0.25, -0.2) is 9.13 Å². The Kier molecular flexibility index (Phi) is 33.6. The van der Waals surface area contributed by atoms with Gasteiger partial charge >= 0.3 is 27.6 Å². The van der Waals surface area contributed by atoms with Gasteiger partial charge in [-0.2, -0.15) is 0 Å². The molecule has 1 fully saturated rings. The second kappa shape index (κ2) is 36.3. The van der Waals surface area contributed by atoms with Crippen molar-refractivity contribution in [3.63, 3.8) is 0 Å². The van der Waals surface area contributed by atoms with Crippen LogP contribution in [0.2, 0.25) is 0 Å². The number of aliphatic hydroxyl groups is 3. The predicted octanol–water partition coefficient (Wildman–Crippen LogP) is 8.37. The monoisotopic (exact) mass is 946 g/mol. The third kappa shape index (κ3) is 32.7. The molecule has 0 aromatic rings. The van der Waals surface area contributed by atoms with Crippen LogP contribution in [0.3, 0.4) is 0 Å². The number of esters is 2. The molecule has 1 rings (SSSR count). The quantitative estimate of drug-likeness (QED) is 0.0147. The number of Topliss-reactive ketones (excluding diaryl/α,β-unsaturated/α-hetero) is 1. The van der Waals surface area contributed by atoms with E-state index < -0.39 is 84.3 Å². The smallest absolute Gasteiger partial charge is 0.462 e. The lowest BCUT2D eigenvalue weighted by molar-refractivity contribution is -0.161. The average molecular weight is 947 g/mol. The molecular weight excluding hydrogens is 870 g/mol. The summed E-state index contributed by atoms with van der Waals surface area (Å²) in [7, 11) is -9.79. The van der Waals surface area contributed by atoms with Gasteiger partial charge in [0.25, 0.3) is 0 Å². The maximum Gasteiger partial charge on any atom is 0.472 e. The van der Waals surface area contributed by atoms with Gasteiger partial charge < -0.3 is 39.5 Å². The number of phosphoric ester groups is 2. The molecule has 18 heteroatoms. The maximum absolute atomic E-state index is 12.7. The molecule has 1 unspecified atom stereocenters. The molecule has 1 aliphatic rings. The van der Waals surface area contributed by atoms with Crippen molar-refractivity contribution in [2.75, 3.05) is 26.4 Å². The number of hydrogen-bond donors (Lipinski definition) is 6. The molecule has 0 amide bonds. The Balaban J connectivity index is 2.58. The van der Waals surface area contributed by atoms with Crippen molar-refractivity contribution in [3.05, 3.63) is 72.9 Å². The van der Waals surface area contributed by atoms with E-state index in [4.69, 9.17) is 23.8 Å². The lowest BCUT2D eigenvalue weighted by Gasteiger charge is -2.20. The van der Waals surface area contributed by atoms with Crippen LogP contribution < -0.4 is 0 Å². The molecule has 0 heterocycles. The first kappa shape index (κ1) is 59.2. The summed E-state index contributed by atoms with van der Waals surface area (Å²) < 4.78 is 47.7. The first-order chi connectivity index (χ1) is 30.6. The fourth-order valence-corrected chi connectivity index (χ4v) is 7.59. The molecule has 0 radical (unpaired) electrons. The fraction of sp³-hybridized carbons (Fsp3) is 0.674. The van der Waals surface area contributed by atoms with Crippen LogP contribution >= 0.6 is 15.6 Å². The number of carbonyl (C=O) groups excluding carboxylic acids is 3. The number of carbonyl (C=O) groups is 3. The summed E-state index contributed by atoms with van der Waals surface area (Å²) in [6, 6.07) is 0. The number of ether oxygens (including phenoxy) is 2. The van der Waals surface area contributed by atoms with Crippen LogP contribution in [0.4, 0.5) is 0 Å². The molecule has 0 aliphatic heterocycles. The number of hydrogen-bond acceptors (Lipinski definition) is 13. The van der Waals surface area contributed by atoms with Gasteiger partial charge in [-0.1, -0.05) is 119 Å². The fourth-order valence-electron chi connectivity index (χ4n) is 6.44. The lowest BCUT2D eigenvalue weighted by Crippen LogP contribution is -2.30. The zero-order chi connectivity index (χ0) is 47.5. The zero-order valence-electron chi connectivity index (χ0n) is 37.8. The Bertz CT molecular complexity index is 1570. The van der Waals surface area contributed by atoms with E-state index in [0.29, 0.717) is 32.1 Å². The van der Waals surface area contributed by atoms with Crippen LogP contribution in [0.25, 0.3) is 0 Å². The summed E-state index contributed by atoms with van der Waals surface area (Å²) in [6.07, 6.45) is 32.6. The van der Waals surface area contributed by atoms with Gasteiger partial charge in [0.05, 0.1) is 32.0 Å². The Morgan fingerprint density at radius 2 is 1.30 bits per heavy atom. The molecule has 1 aliphatic carbocycles. The number of allylic oxidation sites excluding steroid dienone is 10. The van der Waals surface area contributed by atoms with E-state index >= 15 is 0 Å². The van der Waals surface area contributed by atoms with Crippen LogP contribution in [-0.4, -0.2) is 98.6 Å². The normalized spacial score (nSPS) is 19.8. The standard InChI is InChI=1S/C46H76O16P2/c1-3-5-7-8-9-10-11-12-13-14-15-16-17-18-19-20-26-30-46(52)62-40(37-61-64(56,57)60-35-39(48)34-59-63(53,54)55)36-58-45(51)29-25-22-21-24-28-41-42(44(50)33-43(41)49)32-31-38(47)27-23-6-4-2/h5,7,9-10,12-13,15-16,21,24,31-32,38-42,44,47-48,50H,3-4,6,8,11,14,17-20,22-23,25-30,33-37H2,1-2H3,(H,56,57)(H2,53,54,55)/b7-5-,10-9-,13-12-,16-15-,24-21-,32-31+/t38-,39-,40+,41+,42+,44+/m0/s1. The number of rotatable bonds is 38. The second-order valence-corrected chi connectivity index (χ2v) is 18.4. The van der Waals surface area contributed by atoms with Gasteiger partial charge in [0.1, 0.15) is 18.5 Å². The first-order valence-corrected chi connectivity index (χ1v) is 25.8. The van der Waals surface area contributed by atoms with Gasteiger partial charge in [-0.3, -0.25) is 28.0 Å². The molecular formula is C46H76O16P2. The molecule has 64 heavy (non-hydrogen) atoms. The van der Waals surface area contributed by atoms with Crippen molar-refractivity contribution < 1.29 is 76.6 Å². The molecule has 366 valence electrons. The van der Waals surface area contributed by atoms with E-state index in [2.05, 4.69) is 71.5 Å². The third-order valence-electron chi connectivity index (χ3n) is 9.94. The van der Waals surface area contributed by atoms with Crippen LogP contribution in [0.15, 0.2) is 72.9 Å². The number of unbranched alkanes of at least 4 members (excludes halogenated alkanes) is 7. The van der Waals surface area contributed by atoms with E-state index in [9.17, 15) is 43.7 Å². The maximum atomic E-state index is 12.7. The second-order valence-electron chi connectivity index (χ2n) is 15.7. The highest BCUT2D eigenvalue weighted by atomic mass is 31.2. The highest BCUT2D eigenvalue weighted by Gasteiger charge is 2.39. The molecule has 0 aromatic carbocycles. The van der Waals surface area contributed by atoms with E-state index in [1.165, 1.54) is 0 Å². The summed E-state index contributed by atoms with van der Waals surface area (Å²) in [5, 5.41) is 30.5. The molecule has 7 atom stereocenters. The molecule has 0 spiro atoms.